The molecule has 0 aliphatic heterocycles. The molecule has 1 N–H and O–H groups in total. The Labute approximate surface area is 140 Å². The first kappa shape index (κ1) is 14.5. The summed E-state index contributed by atoms with van der Waals surface area (Å²) in [7, 11) is 0. The lowest BCUT2D eigenvalue weighted by molar-refractivity contribution is -0.146. The Kier molecular flexibility index (Phi) is 2.93. The van der Waals surface area contributed by atoms with Crippen LogP contribution in [0.3, 0.4) is 0 Å². The molecule has 0 aromatic carbocycles. The van der Waals surface area contributed by atoms with Crippen molar-refractivity contribution in [3.05, 3.63) is 11.6 Å². The minimum Gasteiger partial charge on any atom is -0.352 e. The summed E-state index contributed by atoms with van der Waals surface area (Å²) in [5.41, 5.74) is 2.01. The number of nitrogens with one attached hydrogen (secondary N) is 1. The molecule has 0 aromatic rings. The first-order valence-electron chi connectivity index (χ1n) is 9.93. The molecule has 0 spiro atoms. The first-order chi connectivity index (χ1) is 11.0. The van der Waals surface area contributed by atoms with Crippen LogP contribution in [0.5, 0.6) is 0 Å². The van der Waals surface area contributed by atoms with Crippen molar-refractivity contribution in [2.24, 2.45) is 40.4 Å². The van der Waals surface area contributed by atoms with Crippen molar-refractivity contribution in [2.45, 2.75) is 65.2 Å². The minimum atomic E-state index is 0.0155. The van der Waals surface area contributed by atoms with Crippen LogP contribution < -0.4 is 5.32 Å². The fourth-order valence-electron chi connectivity index (χ4n) is 7.44. The van der Waals surface area contributed by atoms with Crippen LogP contribution in [0.1, 0.15) is 65.2 Å². The lowest BCUT2D eigenvalue weighted by Crippen LogP contribution is -2.55. The number of allylic oxidation sites excluding steroid dienone is 1. The Hall–Kier alpha value is -0.790. The van der Waals surface area contributed by atoms with Crippen molar-refractivity contribution < 1.29 is 4.79 Å². The zero-order chi connectivity index (χ0) is 15.8. The summed E-state index contributed by atoms with van der Waals surface area (Å²) in [4.78, 5) is 13.1. The number of carbonyl (C=O) groups excluding carboxylic acids is 1. The van der Waals surface area contributed by atoms with E-state index in [2.05, 4.69) is 25.2 Å². The molecule has 2 heteroatoms. The third-order valence-electron chi connectivity index (χ3n) is 8.56. The van der Waals surface area contributed by atoms with E-state index in [0.717, 1.165) is 36.1 Å². The molecule has 0 saturated heterocycles. The lowest BCUT2D eigenvalue weighted by Gasteiger charge is -2.57. The molecule has 6 bridgehead atoms. The maximum atomic E-state index is 13.1. The van der Waals surface area contributed by atoms with E-state index in [1.807, 2.05) is 0 Å². The van der Waals surface area contributed by atoms with Crippen LogP contribution in [0.4, 0.5) is 0 Å². The van der Waals surface area contributed by atoms with Gasteiger partial charge >= 0.3 is 0 Å². The van der Waals surface area contributed by atoms with Crippen LogP contribution >= 0.6 is 0 Å². The maximum absolute atomic E-state index is 13.1. The molecule has 2 atom stereocenters. The molecular formula is C21H31NO. The summed E-state index contributed by atoms with van der Waals surface area (Å²) >= 11 is 0. The first-order valence-corrected chi connectivity index (χ1v) is 9.93. The molecule has 5 saturated carbocycles. The number of hydrogen-bond donors (Lipinski definition) is 1. The largest absolute Gasteiger partial charge is 0.352 e. The zero-order valence-electron chi connectivity index (χ0n) is 14.7. The third-order valence-corrected chi connectivity index (χ3v) is 8.56. The van der Waals surface area contributed by atoms with Gasteiger partial charge in [-0.15, -0.1) is 0 Å². The van der Waals surface area contributed by atoms with Gasteiger partial charge in [0.25, 0.3) is 0 Å². The molecule has 0 unspecified atom stereocenters. The molecule has 5 fully saturated rings. The SMILES string of the molecule is CC1(C)[C@H]2CC=C(CNC(=O)C34CC5CC(CC(C5)C3)C4)[C@@H]1C2. The van der Waals surface area contributed by atoms with E-state index in [9.17, 15) is 4.79 Å². The topological polar surface area (TPSA) is 29.1 Å². The number of rotatable bonds is 3. The predicted octanol–water partition coefficient (Wildman–Crippen LogP) is 4.31. The van der Waals surface area contributed by atoms with Gasteiger partial charge in [-0.05, 0) is 86.4 Å². The molecule has 0 heterocycles. The van der Waals surface area contributed by atoms with Gasteiger partial charge in [0.1, 0.15) is 0 Å². The molecule has 0 radical (unpaired) electrons. The van der Waals surface area contributed by atoms with Crippen molar-refractivity contribution in [3.63, 3.8) is 0 Å². The smallest absolute Gasteiger partial charge is 0.226 e. The lowest BCUT2D eigenvalue weighted by atomic mass is 9.48. The van der Waals surface area contributed by atoms with Gasteiger partial charge in [0.2, 0.25) is 5.91 Å². The minimum absolute atomic E-state index is 0.0155. The third kappa shape index (κ3) is 2.02. The van der Waals surface area contributed by atoms with Crippen LogP contribution in [-0.2, 0) is 4.79 Å². The molecule has 2 nitrogen and oxygen atoms in total. The molecule has 0 aromatic heterocycles. The normalized spacial score (nSPS) is 48.6. The van der Waals surface area contributed by atoms with E-state index >= 15 is 0 Å². The summed E-state index contributed by atoms with van der Waals surface area (Å²) in [6.45, 7) is 5.65. The van der Waals surface area contributed by atoms with E-state index in [1.165, 1.54) is 56.9 Å². The summed E-state index contributed by atoms with van der Waals surface area (Å²) < 4.78 is 0. The average molecular weight is 313 g/mol. The standard InChI is InChI=1S/C21H31NO/c1-20(2)17-4-3-16(18(20)8-17)12-22-19(23)21-9-13-5-14(10-21)7-15(6-13)11-21/h3,13-15,17-18H,4-12H2,1-2H3,(H,22,23)/t13?,14?,15?,17-,18-,21?/m0/s1. The monoisotopic (exact) mass is 313 g/mol. The second kappa shape index (κ2) is 4.64. The van der Waals surface area contributed by atoms with Crippen molar-refractivity contribution in [2.75, 3.05) is 6.54 Å². The molecule has 7 rings (SSSR count). The van der Waals surface area contributed by atoms with Crippen molar-refractivity contribution in [1.82, 2.24) is 5.32 Å². The summed E-state index contributed by atoms with van der Waals surface area (Å²) in [5.74, 6) is 4.57. The fourth-order valence-corrected chi connectivity index (χ4v) is 7.44. The van der Waals surface area contributed by atoms with E-state index in [0.29, 0.717) is 11.3 Å². The number of fused-ring (bicyclic) bond motifs is 1. The Bertz CT molecular complexity index is 537. The van der Waals surface area contributed by atoms with Gasteiger partial charge in [0, 0.05) is 12.0 Å². The highest BCUT2D eigenvalue weighted by Gasteiger charge is 2.55. The van der Waals surface area contributed by atoms with Crippen LogP contribution in [-0.4, -0.2) is 12.5 Å². The van der Waals surface area contributed by atoms with Crippen molar-refractivity contribution >= 4 is 5.91 Å². The Morgan fingerprint density at radius 3 is 2.22 bits per heavy atom. The molecule has 1 amide bonds. The van der Waals surface area contributed by atoms with Crippen molar-refractivity contribution in [3.8, 4) is 0 Å². The van der Waals surface area contributed by atoms with Crippen LogP contribution in [0, 0.1) is 40.4 Å². The Morgan fingerprint density at radius 1 is 1.09 bits per heavy atom. The average Bonchev–Trinajstić information content (AvgIpc) is 2.51. The van der Waals surface area contributed by atoms with E-state index in [1.54, 1.807) is 0 Å². The van der Waals surface area contributed by atoms with Gasteiger partial charge in [-0.1, -0.05) is 25.5 Å². The predicted molar refractivity (Wildman–Crippen MR) is 91.7 cm³/mol. The summed E-state index contributed by atoms with van der Waals surface area (Å²) in [6.07, 6.45) is 12.8. The van der Waals surface area contributed by atoms with E-state index in [4.69, 9.17) is 0 Å². The van der Waals surface area contributed by atoms with Gasteiger partial charge in [0.15, 0.2) is 0 Å². The van der Waals surface area contributed by atoms with Gasteiger partial charge < -0.3 is 5.32 Å². The highest BCUT2D eigenvalue weighted by atomic mass is 16.2. The molecule has 7 aliphatic carbocycles. The Balaban J connectivity index is 1.27. The highest BCUT2D eigenvalue weighted by Crippen LogP contribution is 2.61. The fraction of sp³-hybridized carbons (Fsp3) is 0.857. The maximum Gasteiger partial charge on any atom is 0.226 e. The summed E-state index contributed by atoms with van der Waals surface area (Å²) in [6, 6.07) is 0. The Morgan fingerprint density at radius 2 is 1.70 bits per heavy atom. The molecule has 23 heavy (non-hydrogen) atoms. The van der Waals surface area contributed by atoms with Crippen LogP contribution in [0.2, 0.25) is 0 Å². The molecule has 126 valence electrons. The van der Waals surface area contributed by atoms with Gasteiger partial charge in [-0.25, -0.2) is 0 Å². The molecular weight excluding hydrogens is 282 g/mol. The zero-order valence-corrected chi connectivity index (χ0v) is 14.7. The van der Waals surface area contributed by atoms with Gasteiger partial charge in [0.05, 0.1) is 0 Å². The van der Waals surface area contributed by atoms with Crippen LogP contribution in [0.25, 0.3) is 0 Å². The number of carbonyl (C=O) groups is 1. The second-order valence-corrected chi connectivity index (χ2v) is 10.2. The highest BCUT2D eigenvalue weighted by molar-refractivity contribution is 5.83. The molecule has 7 aliphatic rings. The van der Waals surface area contributed by atoms with Gasteiger partial charge in [-0.3, -0.25) is 4.79 Å². The van der Waals surface area contributed by atoms with E-state index < -0.39 is 0 Å². The number of amides is 1. The van der Waals surface area contributed by atoms with Gasteiger partial charge in [-0.2, -0.15) is 0 Å². The second-order valence-electron chi connectivity index (χ2n) is 10.2. The van der Waals surface area contributed by atoms with E-state index in [-0.39, 0.29) is 5.41 Å². The quantitative estimate of drug-likeness (QED) is 0.773. The van der Waals surface area contributed by atoms with Crippen LogP contribution in [0.15, 0.2) is 11.6 Å². The summed E-state index contributed by atoms with van der Waals surface area (Å²) in [5, 5.41) is 3.40. The number of hydrogen-bond acceptors (Lipinski definition) is 1. The van der Waals surface area contributed by atoms with Crippen molar-refractivity contribution in [1.29, 1.82) is 0 Å².